The Hall–Kier alpha value is -0.890. The summed E-state index contributed by atoms with van der Waals surface area (Å²) in [7, 11) is 0. The van der Waals surface area contributed by atoms with Crippen LogP contribution in [0.3, 0.4) is 0 Å². The molecule has 0 bridgehead atoms. The minimum Gasteiger partial charge on any atom is -0.393 e. The minimum absolute atomic E-state index is 0.0762. The minimum atomic E-state index is -0.0762. The molecule has 0 heterocycles. The largest absolute Gasteiger partial charge is 0.393 e. The maximum absolute atomic E-state index is 11.4. The number of ketones is 1. The van der Waals surface area contributed by atoms with Crippen LogP contribution in [0.15, 0.2) is 24.3 Å². The molecule has 3 atom stereocenters. The Balaban J connectivity index is 0.000000240. The van der Waals surface area contributed by atoms with E-state index in [1.165, 1.54) is 44.9 Å². The average Bonchev–Trinajstić information content (AvgIpc) is 2.53. The van der Waals surface area contributed by atoms with Crippen LogP contribution < -0.4 is 0 Å². The highest BCUT2D eigenvalue weighted by molar-refractivity contribution is 5.80. The highest BCUT2D eigenvalue weighted by Gasteiger charge is 2.16. The SMILES string of the molecule is CCC(=O)C1CC=CCCCC1.CCC(O)C1CC=CCCCC1. The summed E-state index contributed by atoms with van der Waals surface area (Å²) in [4.78, 5) is 11.4. The molecule has 0 fully saturated rings. The fourth-order valence-electron chi connectivity index (χ4n) is 3.59. The maximum Gasteiger partial charge on any atom is 0.136 e. The summed E-state index contributed by atoms with van der Waals surface area (Å²) in [6, 6.07) is 0. The lowest BCUT2D eigenvalue weighted by Gasteiger charge is -2.21. The molecular weight excluding hydrogens is 296 g/mol. The fourth-order valence-corrected chi connectivity index (χ4v) is 3.59. The van der Waals surface area contributed by atoms with Gasteiger partial charge >= 0.3 is 0 Å². The van der Waals surface area contributed by atoms with Gasteiger partial charge in [-0.25, -0.2) is 0 Å². The number of allylic oxidation sites excluding steroid dienone is 4. The van der Waals surface area contributed by atoms with E-state index in [4.69, 9.17) is 0 Å². The lowest BCUT2D eigenvalue weighted by atomic mass is 9.89. The molecule has 0 aliphatic heterocycles. The van der Waals surface area contributed by atoms with Gasteiger partial charge in [-0.05, 0) is 63.7 Å². The van der Waals surface area contributed by atoms with Gasteiger partial charge in [0.15, 0.2) is 0 Å². The summed E-state index contributed by atoms with van der Waals surface area (Å²) in [5, 5.41) is 9.67. The Morgan fingerprint density at radius 3 is 2.21 bits per heavy atom. The topological polar surface area (TPSA) is 37.3 Å². The molecule has 0 spiro atoms. The van der Waals surface area contributed by atoms with Gasteiger partial charge in [-0.1, -0.05) is 51.0 Å². The highest BCUT2D eigenvalue weighted by atomic mass is 16.3. The first-order valence-electron chi connectivity index (χ1n) is 10.2. The number of carbonyl (C=O) groups excluding carboxylic acids is 1. The third-order valence-electron chi connectivity index (χ3n) is 5.33. The molecule has 0 saturated heterocycles. The molecule has 24 heavy (non-hydrogen) atoms. The molecule has 0 saturated carbocycles. The molecule has 0 aromatic rings. The molecule has 0 radical (unpaired) electrons. The average molecular weight is 335 g/mol. The van der Waals surface area contributed by atoms with Crippen molar-refractivity contribution in [3.63, 3.8) is 0 Å². The van der Waals surface area contributed by atoms with E-state index in [1.54, 1.807) is 0 Å². The number of aliphatic hydroxyl groups excluding tert-OH is 1. The van der Waals surface area contributed by atoms with Crippen molar-refractivity contribution in [3.05, 3.63) is 24.3 Å². The molecule has 0 aromatic heterocycles. The predicted molar refractivity (Wildman–Crippen MR) is 103 cm³/mol. The summed E-state index contributed by atoms with van der Waals surface area (Å²) >= 11 is 0. The Kier molecular flexibility index (Phi) is 11.8. The smallest absolute Gasteiger partial charge is 0.136 e. The van der Waals surface area contributed by atoms with Gasteiger partial charge in [-0.15, -0.1) is 0 Å². The van der Waals surface area contributed by atoms with Crippen LogP contribution in [0.2, 0.25) is 0 Å². The number of hydrogen-bond donors (Lipinski definition) is 1. The van der Waals surface area contributed by atoms with Crippen LogP contribution in [0.4, 0.5) is 0 Å². The number of hydrogen-bond acceptors (Lipinski definition) is 2. The normalized spacial score (nSPS) is 26.1. The second kappa shape index (κ2) is 13.4. The van der Waals surface area contributed by atoms with Crippen molar-refractivity contribution >= 4 is 5.78 Å². The molecule has 0 aromatic carbocycles. The zero-order valence-electron chi connectivity index (χ0n) is 15.9. The van der Waals surface area contributed by atoms with Crippen LogP contribution in [-0.2, 0) is 4.79 Å². The monoisotopic (exact) mass is 334 g/mol. The van der Waals surface area contributed by atoms with Gasteiger partial charge in [0.1, 0.15) is 5.78 Å². The van der Waals surface area contributed by atoms with Crippen LogP contribution in [0.5, 0.6) is 0 Å². The van der Waals surface area contributed by atoms with E-state index in [0.717, 1.165) is 25.7 Å². The van der Waals surface area contributed by atoms with Crippen LogP contribution in [0.25, 0.3) is 0 Å². The molecule has 2 aliphatic carbocycles. The van der Waals surface area contributed by atoms with Crippen molar-refractivity contribution in [2.45, 2.75) is 97.0 Å². The molecular formula is C22H38O2. The summed E-state index contributed by atoms with van der Waals surface area (Å²) in [5.74, 6) is 1.29. The van der Waals surface area contributed by atoms with Gasteiger partial charge < -0.3 is 5.11 Å². The first-order valence-corrected chi connectivity index (χ1v) is 10.2. The molecule has 2 rings (SSSR count). The lowest BCUT2D eigenvalue weighted by molar-refractivity contribution is -0.122. The Morgan fingerprint density at radius 2 is 1.58 bits per heavy atom. The second-order valence-electron chi connectivity index (χ2n) is 7.24. The van der Waals surface area contributed by atoms with Crippen LogP contribution in [0.1, 0.15) is 90.9 Å². The van der Waals surface area contributed by atoms with Crippen molar-refractivity contribution in [1.82, 2.24) is 0 Å². The second-order valence-corrected chi connectivity index (χ2v) is 7.24. The van der Waals surface area contributed by atoms with Gasteiger partial charge in [0.05, 0.1) is 6.10 Å². The van der Waals surface area contributed by atoms with Crippen molar-refractivity contribution in [2.75, 3.05) is 0 Å². The van der Waals surface area contributed by atoms with Gasteiger partial charge in [0.25, 0.3) is 0 Å². The molecule has 138 valence electrons. The van der Waals surface area contributed by atoms with Crippen molar-refractivity contribution in [1.29, 1.82) is 0 Å². The van der Waals surface area contributed by atoms with Crippen molar-refractivity contribution < 1.29 is 9.90 Å². The van der Waals surface area contributed by atoms with Crippen LogP contribution >= 0.6 is 0 Å². The van der Waals surface area contributed by atoms with E-state index in [1.807, 2.05) is 6.92 Å². The Morgan fingerprint density at radius 1 is 0.958 bits per heavy atom. The van der Waals surface area contributed by atoms with Gasteiger partial charge in [0, 0.05) is 12.3 Å². The van der Waals surface area contributed by atoms with E-state index >= 15 is 0 Å². The van der Waals surface area contributed by atoms with E-state index in [9.17, 15) is 9.90 Å². The van der Waals surface area contributed by atoms with Gasteiger partial charge in [-0.2, -0.15) is 0 Å². The first kappa shape index (κ1) is 21.2. The molecule has 0 amide bonds. The number of rotatable bonds is 4. The summed E-state index contributed by atoms with van der Waals surface area (Å²) < 4.78 is 0. The standard InChI is InChI=1S/C11H20O.C11H18O/c2*1-2-11(12)10-8-6-4-3-5-7-9-10/h4,6,10-12H,2-3,5,7-9H2,1H3;4,6,10H,2-3,5,7-9H2,1H3. The third-order valence-corrected chi connectivity index (χ3v) is 5.33. The highest BCUT2D eigenvalue weighted by Crippen LogP contribution is 2.22. The van der Waals surface area contributed by atoms with Crippen LogP contribution in [0, 0.1) is 11.8 Å². The lowest BCUT2D eigenvalue weighted by Crippen LogP contribution is -2.19. The molecule has 3 unspecified atom stereocenters. The number of Topliss-reactive ketones (excluding diaryl/α,β-unsaturated/α-hetero) is 1. The quantitative estimate of drug-likeness (QED) is 0.641. The molecule has 2 nitrogen and oxygen atoms in total. The Labute approximate surface area is 149 Å². The number of carbonyl (C=O) groups is 1. The molecule has 1 N–H and O–H groups in total. The Bertz CT molecular complexity index is 383. The zero-order valence-corrected chi connectivity index (χ0v) is 15.9. The first-order chi connectivity index (χ1) is 11.7. The maximum atomic E-state index is 11.4. The summed E-state index contributed by atoms with van der Waals surface area (Å²) in [6.45, 7) is 4.03. The number of aliphatic hydroxyl groups is 1. The molecule has 2 aliphatic rings. The fraction of sp³-hybridized carbons (Fsp3) is 0.773. The van der Waals surface area contributed by atoms with E-state index in [0.29, 0.717) is 24.0 Å². The summed E-state index contributed by atoms with van der Waals surface area (Å²) in [5.41, 5.74) is 0. The van der Waals surface area contributed by atoms with E-state index in [2.05, 4.69) is 31.2 Å². The third kappa shape index (κ3) is 8.82. The predicted octanol–water partition coefficient (Wildman–Crippen LogP) is 6.00. The van der Waals surface area contributed by atoms with Crippen LogP contribution in [-0.4, -0.2) is 17.0 Å². The van der Waals surface area contributed by atoms with Crippen molar-refractivity contribution in [3.8, 4) is 0 Å². The summed E-state index contributed by atoms with van der Waals surface area (Å²) in [6.07, 6.45) is 22.3. The van der Waals surface area contributed by atoms with Crippen molar-refractivity contribution in [2.24, 2.45) is 11.8 Å². The van der Waals surface area contributed by atoms with Gasteiger partial charge in [-0.3, -0.25) is 4.79 Å². The molecule has 2 heteroatoms. The van der Waals surface area contributed by atoms with E-state index < -0.39 is 0 Å². The van der Waals surface area contributed by atoms with Gasteiger partial charge in [0.2, 0.25) is 0 Å². The van der Waals surface area contributed by atoms with E-state index in [-0.39, 0.29) is 6.10 Å². The zero-order chi connectivity index (χ0) is 17.6.